The molecule has 0 amide bonds. The maximum absolute atomic E-state index is 3.26. The Kier molecular flexibility index (Phi) is 2.11. The van der Waals surface area contributed by atoms with Gasteiger partial charge in [0, 0.05) is 18.5 Å². The molecule has 3 aliphatic rings. The lowest BCUT2D eigenvalue weighted by atomic mass is 9.86. The van der Waals surface area contributed by atoms with E-state index in [0.29, 0.717) is 5.92 Å². The highest BCUT2D eigenvalue weighted by Crippen LogP contribution is 2.39. The molecule has 1 saturated carbocycles. The average molecular weight is 163 g/mol. The van der Waals surface area contributed by atoms with Crippen LogP contribution in [0.5, 0.6) is 0 Å². The third-order valence-electron chi connectivity index (χ3n) is 2.89. The van der Waals surface area contributed by atoms with Gasteiger partial charge < -0.3 is 0 Å². The number of rotatable bonds is 1. The molecule has 1 aliphatic carbocycles. The van der Waals surface area contributed by atoms with E-state index in [9.17, 15) is 0 Å². The second-order valence-corrected chi connectivity index (χ2v) is 4.40. The predicted octanol–water partition coefficient (Wildman–Crippen LogP) is 1.74. The Morgan fingerprint density at radius 3 is 2.67 bits per heavy atom. The van der Waals surface area contributed by atoms with Crippen LogP contribution in [0.2, 0.25) is 0 Å². The topological polar surface area (TPSA) is 3.24 Å². The van der Waals surface area contributed by atoms with Crippen molar-refractivity contribution in [3.05, 3.63) is 0 Å². The standard InChI is InChI=1S/C11H17N/c1-9(2)4-3-5-12-8-10-6-11(12)7-10/h9-11H,5-8H2,1-2H3. The third kappa shape index (κ3) is 1.49. The van der Waals surface area contributed by atoms with E-state index in [1.54, 1.807) is 0 Å². The van der Waals surface area contributed by atoms with Gasteiger partial charge in [-0.05, 0) is 18.8 Å². The van der Waals surface area contributed by atoms with Crippen LogP contribution in [0.1, 0.15) is 26.7 Å². The van der Waals surface area contributed by atoms with E-state index in [0.717, 1.165) is 18.5 Å². The molecule has 0 unspecified atom stereocenters. The summed E-state index contributed by atoms with van der Waals surface area (Å²) in [5.74, 6) is 8.03. The molecule has 3 rings (SSSR count). The first-order chi connectivity index (χ1) is 5.75. The summed E-state index contributed by atoms with van der Waals surface area (Å²) in [6, 6.07) is 0.900. The van der Waals surface area contributed by atoms with Gasteiger partial charge >= 0.3 is 0 Å². The summed E-state index contributed by atoms with van der Waals surface area (Å²) in [4.78, 5) is 2.54. The van der Waals surface area contributed by atoms with Crippen molar-refractivity contribution in [3.8, 4) is 11.8 Å². The largest absolute Gasteiger partial charge is 0.289 e. The molecule has 1 heteroatoms. The van der Waals surface area contributed by atoms with Crippen LogP contribution in [-0.2, 0) is 0 Å². The lowest BCUT2D eigenvalue weighted by Crippen LogP contribution is -2.28. The van der Waals surface area contributed by atoms with Gasteiger partial charge in [-0.1, -0.05) is 25.7 Å². The molecule has 1 nitrogen and oxygen atoms in total. The van der Waals surface area contributed by atoms with Gasteiger partial charge in [-0.25, -0.2) is 0 Å². The van der Waals surface area contributed by atoms with E-state index in [-0.39, 0.29) is 0 Å². The van der Waals surface area contributed by atoms with Crippen LogP contribution in [0.15, 0.2) is 0 Å². The normalized spacial score (nSPS) is 32.9. The second-order valence-electron chi connectivity index (χ2n) is 4.40. The smallest absolute Gasteiger partial charge is 0.0604 e. The Balaban J connectivity index is 1.78. The Bertz CT molecular complexity index is 215. The molecule has 0 aromatic rings. The maximum Gasteiger partial charge on any atom is 0.0604 e. The molecule has 12 heavy (non-hydrogen) atoms. The Labute approximate surface area is 75.1 Å². The van der Waals surface area contributed by atoms with Crippen molar-refractivity contribution in [2.45, 2.75) is 32.7 Å². The van der Waals surface area contributed by atoms with Gasteiger partial charge in [-0.2, -0.15) is 0 Å². The Morgan fingerprint density at radius 1 is 1.42 bits per heavy atom. The van der Waals surface area contributed by atoms with Crippen LogP contribution in [0.25, 0.3) is 0 Å². The summed E-state index contributed by atoms with van der Waals surface area (Å²) in [5, 5.41) is 0. The molecule has 0 N–H and O–H groups in total. The first-order valence-corrected chi connectivity index (χ1v) is 4.98. The van der Waals surface area contributed by atoms with Gasteiger partial charge in [0.1, 0.15) is 0 Å². The highest BCUT2D eigenvalue weighted by molar-refractivity contribution is 5.07. The molecule has 2 saturated heterocycles. The first kappa shape index (κ1) is 8.13. The molecule has 3 fully saturated rings. The Hall–Kier alpha value is -0.480. The zero-order valence-electron chi connectivity index (χ0n) is 8.01. The molecule has 2 heterocycles. The number of hydrogen-bond acceptors (Lipinski definition) is 1. The van der Waals surface area contributed by atoms with E-state index >= 15 is 0 Å². The van der Waals surface area contributed by atoms with Gasteiger partial charge in [0.15, 0.2) is 0 Å². The fourth-order valence-corrected chi connectivity index (χ4v) is 2.17. The zero-order valence-corrected chi connectivity index (χ0v) is 8.01. The SMILES string of the molecule is CC(C)C#CCN1CC2CC1C2. The molecule has 2 bridgehead atoms. The monoisotopic (exact) mass is 163 g/mol. The minimum Gasteiger partial charge on any atom is -0.289 e. The molecular formula is C11H17N. The third-order valence-corrected chi connectivity index (χ3v) is 2.89. The van der Waals surface area contributed by atoms with Crippen LogP contribution in [-0.4, -0.2) is 24.0 Å². The van der Waals surface area contributed by atoms with Gasteiger partial charge in [0.2, 0.25) is 0 Å². The minimum absolute atomic E-state index is 0.530. The molecule has 0 aromatic heterocycles. The summed E-state index contributed by atoms with van der Waals surface area (Å²) in [7, 11) is 0. The van der Waals surface area contributed by atoms with Crippen molar-refractivity contribution in [2.24, 2.45) is 11.8 Å². The summed E-state index contributed by atoms with van der Waals surface area (Å²) in [6.45, 7) is 6.63. The van der Waals surface area contributed by atoms with Crippen LogP contribution < -0.4 is 0 Å². The second kappa shape index (κ2) is 3.11. The predicted molar refractivity (Wildman–Crippen MR) is 50.7 cm³/mol. The molecule has 0 radical (unpaired) electrons. The zero-order chi connectivity index (χ0) is 8.55. The van der Waals surface area contributed by atoms with Gasteiger partial charge in [-0.15, -0.1) is 0 Å². The molecule has 0 aromatic carbocycles. The van der Waals surface area contributed by atoms with Crippen molar-refractivity contribution in [3.63, 3.8) is 0 Å². The molecule has 0 atom stereocenters. The van der Waals surface area contributed by atoms with Crippen molar-refractivity contribution in [1.82, 2.24) is 4.90 Å². The van der Waals surface area contributed by atoms with Crippen molar-refractivity contribution < 1.29 is 0 Å². The highest BCUT2D eigenvalue weighted by atomic mass is 15.2. The summed E-state index contributed by atoms with van der Waals surface area (Å²) in [5.41, 5.74) is 0. The van der Waals surface area contributed by atoms with E-state index < -0.39 is 0 Å². The minimum atomic E-state index is 0.530. The number of fused-ring (bicyclic) bond motifs is 1. The average Bonchev–Trinajstić information content (AvgIpc) is 2.42. The van der Waals surface area contributed by atoms with Gasteiger partial charge in [0.05, 0.1) is 6.54 Å². The van der Waals surface area contributed by atoms with Crippen molar-refractivity contribution >= 4 is 0 Å². The molecule has 66 valence electrons. The number of nitrogens with zero attached hydrogens (tertiary/aromatic N) is 1. The highest BCUT2D eigenvalue weighted by Gasteiger charge is 2.41. The maximum atomic E-state index is 3.26. The summed E-state index contributed by atoms with van der Waals surface area (Å²) >= 11 is 0. The molecule has 2 aliphatic heterocycles. The van der Waals surface area contributed by atoms with Crippen LogP contribution in [0, 0.1) is 23.7 Å². The van der Waals surface area contributed by atoms with Crippen LogP contribution >= 0.6 is 0 Å². The first-order valence-electron chi connectivity index (χ1n) is 4.98. The van der Waals surface area contributed by atoms with E-state index in [4.69, 9.17) is 0 Å². The lowest BCUT2D eigenvalue weighted by molar-refractivity contribution is 0.268. The van der Waals surface area contributed by atoms with Crippen LogP contribution in [0.4, 0.5) is 0 Å². The van der Waals surface area contributed by atoms with E-state index in [1.807, 2.05) is 0 Å². The van der Waals surface area contributed by atoms with E-state index in [1.165, 1.54) is 19.4 Å². The molecule has 0 spiro atoms. The van der Waals surface area contributed by atoms with Crippen molar-refractivity contribution in [2.75, 3.05) is 13.1 Å². The fourth-order valence-electron chi connectivity index (χ4n) is 2.17. The van der Waals surface area contributed by atoms with Crippen LogP contribution in [0.3, 0.4) is 0 Å². The van der Waals surface area contributed by atoms with Gasteiger partial charge in [0.25, 0.3) is 0 Å². The van der Waals surface area contributed by atoms with Crippen molar-refractivity contribution in [1.29, 1.82) is 0 Å². The summed E-state index contributed by atoms with van der Waals surface area (Å²) in [6.07, 6.45) is 2.90. The Morgan fingerprint density at radius 2 is 2.17 bits per heavy atom. The summed E-state index contributed by atoms with van der Waals surface area (Å²) < 4.78 is 0. The number of hydrogen-bond donors (Lipinski definition) is 0. The molecular weight excluding hydrogens is 146 g/mol. The van der Waals surface area contributed by atoms with Gasteiger partial charge in [-0.3, -0.25) is 4.90 Å². The lowest BCUT2D eigenvalue weighted by Gasteiger charge is -2.24. The van der Waals surface area contributed by atoms with E-state index in [2.05, 4.69) is 30.6 Å². The fraction of sp³-hybridized carbons (Fsp3) is 0.818. The quantitative estimate of drug-likeness (QED) is 0.532.